The number of amides is 4. The molecule has 0 saturated heterocycles. The summed E-state index contributed by atoms with van der Waals surface area (Å²) in [6, 6.07) is -3.52. The van der Waals surface area contributed by atoms with Gasteiger partial charge in [0.2, 0.25) is 23.6 Å². The van der Waals surface area contributed by atoms with E-state index in [1.807, 2.05) is 5.32 Å². The Hall–Kier alpha value is -2.73. The molecular weight excluding hydrogens is 338 g/mol. The van der Waals surface area contributed by atoms with Crippen molar-refractivity contribution in [2.45, 2.75) is 37.9 Å². The lowest BCUT2D eigenvalue weighted by Gasteiger charge is -2.17. The van der Waals surface area contributed by atoms with Crippen LogP contribution in [-0.2, 0) is 24.0 Å². The van der Waals surface area contributed by atoms with Crippen molar-refractivity contribution in [2.75, 3.05) is 13.2 Å². The molecular formula is C13H23N5O7. The van der Waals surface area contributed by atoms with Crippen LogP contribution in [0.1, 0.15) is 19.8 Å². The number of nitrogens with one attached hydrogen (secondary N) is 3. The highest BCUT2D eigenvalue weighted by Crippen LogP contribution is 1.95. The van der Waals surface area contributed by atoms with Crippen LogP contribution in [-0.4, -0.2) is 71.1 Å². The number of aliphatic carboxylic acids is 1. The molecule has 142 valence electrons. The number of hydrogen-bond acceptors (Lipinski definition) is 7. The Morgan fingerprint density at radius 1 is 1.08 bits per heavy atom. The summed E-state index contributed by atoms with van der Waals surface area (Å²) in [5.74, 6) is -4.23. The van der Waals surface area contributed by atoms with Crippen molar-refractivity contribution in [3.8, 4) is 0 Å². The van der Waals surface area contributed by atoms with Gasteiger partial charge in [0.15, 0.2) is 0 Å². The van der Waals surface area contributed by atoms with E-state index in [0.29, 0.717) is 0 Å². The minimum absolute atomic E-state index is 0.0235. The minimum atomic E-state index is -1.48. The van der Waals surface area contributed by atoms with Gasteiger partial charge in [0, 0.05) is 6.42 Å². The Morgan fingerprint density at radius 2 is 1.68 bits per heavy atom. The van der Waals surface area contributed by atoms with Crippen LogP contribution in [0.4, 0.5) is 0 Å². The number of aliphatic hydroxyl groups is 1. The molecule has 0 rings (SSSR count). The number of carboxylic acids is 1. The minimum Gasteiger partial charge on any atom is -0.480 e. The van der Waals surface area contributed by atoms with Crippen LogP contribution in [0.3, 0.4) is 0 Å². The molecule has 0 saturated carbocycles. The molecule has 12 nitrogen and oxygen atoms in total. The number of primary amides is 1. The number of carboxylic acid groups (broad SMARTS) is 1. The molecule has 0 aliphatic carbocycles. The zero-order chi connectivity index (χ0) is 19.6. The average molecular weight is 361 g/mol. The summed E-state index contributed by atoms with van der Waals surface area (Å²) in [6.07, 6.45) is -0.0550. The summed E-state index contributed by atoms with van der Waals surface area (Å²) in [4.78, 5) is 56.2. The van der Waals surface area contributed by atoms with Crippen LogP contribution in [0.25, 0.3) is 0 Å². The third kappa shape index (κ3) is 9.22. The van der Waals surface area contributed by atoms with Gasteiger partial charge < -0.3 is 37.6 Å². The number of nitrogens with two attached hydrogens (primary N) is 2. The van der Waals surface area contributed by atoms with Crippen molar-refractivity contribution in [3.63, 3.8) is 0 Å². The molecule has 9 N–H and O–H groups in total. The molecule has 0 aromatic carbocycles. The second-order valence-electron chi connectivity index (χ2n) is 5.20. The number of hydrogen-bond donors (Lipinski definition) is 7. The van der Waals surface area contributed by atoms with E-state index in [-0.39, 0.29) is 12.8 Å². The van der Waals surface area contributed by atoms with Gasteiger partial charge in [-0.15, -0.1) is 0 Å². The molecule has 4 amide bonds. The number of carbonyl (C=O) groups excluding carboxylic acids is 4. The second-order valence-corrected chi connectivity index (χ2v) is 5.20. The van der Waals surface area contributed by atoms with Crippen LogP contribution in [0.5, 0.6) is 0 Å². The Morgan fingerprint density at radius 3 is 2.16 bits per heavy atom. The maximum Gasteiger partial charge on any atom is 0.328 e. The first-order valence-electron chi connectivity index (χ1n) is 7.33. The SMILES string of the molecule is CC(NC(=O)C(N)CCC(N)=O)C(=O)NCC(=O)NC(CO)C(=O)O. The number of aliphatic hydroxyl groups excluding tert-OH is 1. The summed E-state index contributed by atoms with van der Waals surface area (Å²) in [7, 11) is 0. The molecule has 0 radical (unpaired) electrons. The highest BCUT2D eigenvalue weighted by atomic mass is 16.4. The van der Waals surface area contributed by atoms with E-state index >= 15 is 0 Å². The van der Waals surface area contributed by atoms with Gasteiger partial charge in [0.1, 0.15) is 12.1 Å². The van der Waals surface area contributed by atoms with Crippen LogP contribution in [0, 0.1) is 0 Å². The Bertz CT molecular complexity index is 525. The summed E-state index contributed by atoms with van der Waals surface area (Å²) >= 11 is 0. The third-order valence-corrected chi connectivity index (χ3v) is 3.03. The molecule has 12 heteroatoms. The lowest BCUT2D eigenvalue weighted by Crippen LogP contribution is -2.52. The lowest BCUT2D eigenvalue weighted by atomic mass is 10.1. The van der Waals surface area contributed by atoms with Gasteiger partial charge in [-0.1, -0.05) is 0 Å². The molecule has 0 spiro atoms. The van der Waals surface area contributed by atoms with Gasteiger partial charge in [-0.3, -0.25) is 19.2 Å². The molecule has 0 aromatic rings. The standard InChI is InChI=1S/C13H23N5O7/c1-6(17-12(23)7(14)2-3-9(15)20)11(22)16-4-10(21)18-8(5-19)13(24)25/h6-8,19H,2-5,14H2,1H3,(H2,15,20)(H,16,22)(H,17,23)(H,18,21)(H,24,25). The largest absolute Gasteiger partial charge is 0.480 e. The highest BCUT2D eigenvalue weighted by Gasteiger charge is 2.22. The summed E-state index contributed by atoms with van der Waals surface area (Å²) in [6.45, 7) is 0.000935. The molecule has 0 heterocycles. The van der Waals surface area contributed by atoms with E-state index in [9.17, 15) is 24.0 Å². The first-order valence-corrected chi connectivity index (χ1v) is 7.33. The Labute approximate surface area is 143 Å². The van der Waals surface area contributed by atoms with Crippen molar-refractivity contribution in [2.24, 2.45) is 11.5 Å². The van der Waals surface area contributed by atoms with Crippen molar-refractivity contribution in [3.05, 3.63) is 0 Å². The van der Waals surface area contributed by atoms with Gasteiger partial charge in [-0.25, -0.2) is 4.79 Å². The monoisotopic (exact) mass is 361 g/mol. The highest BCUT2D eigenvalue weighted by molar-refractivity contribution is 5.92. The van der Waals surface area contributed by atoms with Gasteiger partial charge in [0.25, 0.3) is 0 Å². The topological polar surface area (TPSA) is 214 Å². The summed E-state index contributed by atoms with van der Waals surface area (Å²) in [5.41, 5.74) is 10.5. The normalized spacial score (nSPS) is 13.9. The number of carbonyl (C=O) groups is 5. The predicted molar refractivity (Wildman–Crippen MR) is 83.7 cm³/mol. The maximum absolute atomic E-state index is 11.8. The van der Waals surface area contributed by atoms with Gasteiger partial charge in [-0.05, 0) is 13.3 Å². The molecule has 0 aromatic heterocycles. The Balaban J connectivity index is 4.29. The quantitative estimate of drug-likeness (QED) is 0.191. The van der Waals surface area contributed by atoms with Crippen molar-refractivity contribution >= 4 is 29.6 Å². The summed E-state index contributed by atoms with van der Waals surface area (Å²) in [5, 5.41) is 23.9. The molecule has 0 aliphatic rings. The zero-order valence-corrected chi connectivity index (χ0v) is 13.7. The van der Waals surface area contributed by atoms with Crippen molar-refractivity contribution < 1.29 is 34.2 Å². The average Bonchev–Trinajstić information content (AvgIpc) is 2.54. The van der Waals surface area contributed by atoms with Crippen molar-refractivity contribution in [1.29, 1.82) is 0 Å². The van der Waals surface area contributed by atoms with Crippen LogP contribution >= 0.6 is 0 Å². The van der Waals surface area contributed by atoms with Gasteiger partial charge >= 0.3 is 5.97 Å². The molecule has 25 heavy (non-hydrogen) atoms. The smallest absolute Gasteiger partial charge is 0.328 e. The molecule has 3 unspecified atom stereocenters. The van der Waals surface area contributed by atoms with Crippen LogP contribution < -0.4 is 27.4 Å². The zero-order valence-electron chi connectivity index (χ0n) is 13.7. The Kier molecular flexibility index (Phi) is 9.74. The van der Waals surface area contributed by atoms with Gasteiger partial charge in [-0.2, -0.15) is 0 Å². The molecule has 0 fully saturated rings. The fourth-order valence-corrected chi connectivity index (χ4v) is 1.57. The van der Waals surface area contributed by atoms with E-state index < -0.39 is 60.9 Å². The predicted octanol–water partition coefficient (Wildman–Crippen LogP) is -4.24. The molecule has 3 atom stereocenters. The summed E-state index contributed by atoms with van der Waals surface area (Å²) < 4.78 is 0. The van der Waals surface area contributed by atoms with E-state index in [0.717, 1.165) is 0 Å². The van der Waals surface area contributed by atoms with E-state index in [1.54, 1.807) is 0 Å². The third-order valence-electron chi connectivity index (χ3n) is 3.03. The number of rotatable bonds is 11. The van der Waals surface area contributed by atoms with Crippen LogP contribution in [0.15, 0.2) is 0 Å². The lowest BCUT2D eigenvalue weighted by molar-refractivity contribution is -0.142. The fourth-order valence-electron chi connectivity index (χ4n) is 1.57. The maximum atomic E-state index is 11.8. The second kappa shape index (κ2) is 10.9. The first-order chi connectivity index (χ1) is 11.6. The van der Waals surface area contributed by atoms with Crippen molar-refractivity contribution in [1.82, 2.24) is 16.0 Å². The van der Waals surface area contributed by atoms with Crippen LogP contribution in [0.2, 0.25) is 0 Å². The molecule has 0 bridgehead atoms. The van der Waals surface area contributed by atoms with E-state index in [1.165, 1.54) is 6.92 Å². The molecule has 0 aliphatic heterocycles. The fraction of sp³-hybridized carbons (Fsp3) is 0.615. The van der Waals surface area contributed by atoms with Gasteiger partial charge in [0.05, 0.1) is 19.2 Å². The first kappa shape index (κ1) is 22.3. The van der Waals surface area contributed by atoms with E-state index in [2.05, 4.69) is 10.6 Å². The van der Waals surface area contributed by atoms with E-state index in [4.69, 9.17) is 21.7 Å².